The molecular weight excluding hydrogens is 450 g/mol. The summed E-state index contributed by atoms with van der Waals surface area (Å²) >= 11 is 18.1. The van der Waals surface area contributed by atoms with Crippen molar-refractivity contribution in [1.29, 1.82) is 0 Å². The van der Waals surface area contributed by atoms with Crippen LogP contribution in [0.1, 0.15) is 21.5 Å². The highest BCUT2D eigenvalue weighted by molar-refractivity contribution is 6.43. The van der Waals surface area contributed by atoms with E-state index in [0.717, 1.165) is 11.1 Å². The molecule has 0 spiro atoms. The van der Waals surface area contributed by atoms with Crippen molar-refractivity contribution in [3.05, 3.63) is 98.2 Å². The molecule has 3 nitrogen and oxygen atoms in total. The molecule has 7 heteroatoms. The molecule has 0 aliphatic rings. The summed E-state index contributed by atoms with van der Waals surface area (Å²) in [6.45, 7) is 0.161. The van der Waals surface area contributed by atoms with E-state index in [4.69, 9.17) is 44.3 Å². The van der Waals surface area contributed by atoms with E-state index in [9.17, 15) is 9.18 Å². The minimum atomic E-state index is -0.391. The molecule has 0 radical (unpaired) electrons. The summed E-state index contributed by atoms with van der Waals surface area (Å²) in [7, 11) is 1.55. The van der Waals surface area contributed by atoms with Crippen LogP contribution in [0.25, 0.3) is 6.08 Å². The number of methoxy groups -OCH3 is 1. The normalized spacial score (nSPS) is 11.0. The highest BCUT2D eigenvalue weighted by Crippen LogP contribution is 2.34. The zero-order valence-corrected chi connectivity index (χ0v) is 18.1. The van der Waals surface area contributed by atoms with Crippen molar-refractivity contribution in [3.63, 3.8) is 0 Å². The first-order valence-electron chi connectivity index (χ1n) is 8.79. The minimum Gasteiger partial charge on any atom is -0.496 e. The maximum absolute atomic E-state index is 13.0. The molecule has 3 rings (SSSR count). The Balaban J connectivity index is 1.77. The molecule has 154 valence electrons. The van der Waals surface area contributed by atoms with Crippen LogP contribution in [0.2, 0.25) is 15.1 Å². The number of carbonyl (C=O) groups excluding carboxylic acids is 1. The van der Waals surface area contributed by atoms with Gasteiger partial charge in [0.1, 0.15) is 23.9 Å². The fraction of sp³-hybridized carbons (Fsp3) is 0.0870. The van der Waals surface area contributed by atoms with Gasteiger partial charge in [-0.15, -0.1) is 0 Å². The SMILES string of the molecule is COc1ccc(/C=C/C(=O)c2ccc(F)cc2)cc1COc1cc(Cl)c(Cl)cc1Cl. The second kappa shape index (κ2) is 9.98. The Kier molecular flexibility index (Phi) is 7.38. The van der Waals surface area contributed by atoms with Gasteiger partial charge in [0.2, 0.25) is 0 Å². The quantitative estimate of drug-likeness (QED) is 0.209. The van der Waals surface area contributed by atoms with Gasteiger partial charge in [0.25, 0.3) is 0 Å². The number of rotatable bonds is 7. The fourth-order valence-corrected chi connectivity index (χ4v) is 3.26. The van der Waals surface area contributed by atoms with E-state index in [2.05, 4.69) is 0 Å². The zero-order valence-electron chi connectivity index (χ0n) is 15.8. The number of benzene rings is 3. The van der Waals surface area contributed by atoms with Gasteiger partial charge in [0, 0.05) is 17.2 Å². The van der Waals surface area contributed by atoms with Crippen molar-refractivity contribution in [2.45, 2.75) is 6.61 Å². The summed E-state index contributed by atoms with van der Waals surface area (Å²) in [6.07, 6.45) is 3.09. The van der Waals surface area contributed by atoms with E-state index < -0.39 is 5.82 Å². The molecule has 0 unspecified atom stereocenters. The van der Waals surface area contributed by atoms with E-state index in [0.29, 0.717) is 32.1 Å². The van der Waals surface area contributed by atoms with Crippen molar-refractivity contribution in [1.82, 2.24) is 0 Å². The van der Waals surface area contributed by atoms with Crippen molar-refractivity contribution in [2.75, 3.05) is 7.11 Å². The maximum atomic E-state index is 13.0. The molecule has 0 saturated heterocycles. The van der Waals surface area contributed by atoms with E-state index in [-0.39, 0.29) is 12.4 Å². The van der Waals surface area contributed by atoms with Gasteiger partial charge in [-0.3, -0.25) is 4.79 Å². The van der Waals surface area contributed by atoms with Gasteiger partial charge >= 0.3 is 0 Å². The molecule has 0 aliphatic heterocycles. The van der Waals surface area contributed by atoms with Crippen LogP contribution in [0.3, 0.4) is 0 Å². The third kappa shape index (κ3) is 5.54. The number of carbonyl (C=O) groups is 1. The molecule has 0 atom stereocenters. The van der Waals surface area contributed by atoms with E-state index in [1.807, 2.05) is 12.1 Å². The first-order chi connectivity index (χ1) is 14.4. The molecule has 3 aromatic rings. The molecule has 0 bridgehead atoms. The Hall–Kier alpha value is -2.53. The summed E-state index contributed by atoms with van der Waals surface area (Å²) in [5.74, 6) is 0.386. The Morgan fingerprint density at radius 2 is 1.63 bits per heavy atom. The second-order valence-corrected chi connectivity index (χ2v) is 7.48. The van der Waals surface area contributed by atoms with Gasteiger partial charge in [-0.05, 0) is 54.1 Å². The van der Waals surface area contributed by atoms with Crippen LogP contribution in [-0.2, 0) is 6.61 Å². The number of ether oxygens (including phenoxy) is 2. The van der Waals surface area contributed by atoms with Gasteiger partial charge in [-0.25, -0.2) is 4.39 Å². The van der Waals surface area contributed by atoms with Gasteiger partial charge in [0.15, 0.2) is 5.78 Å². The molecule has 0 saturated carbocycles. The highest BCUT2D eigenvalue weighted by Gasteiger charge is 2.10. The first kappa shape index (κ1) is 22.2. The van der Waals surface area contributed by atoms with Crippen LogP contribution < -0.4 is 9.47 Å². The summed E-state index contributed by atoms with van der Waals surface area (Å²) in [4.78, 5) is 12.2. The van der Waals surface area contributed by atoms with Crippen LogP contribution in [-0.4, -0.2) is 12.9 Å². The smallest absolute Gasteiger partial charge is 0.185 e. The van der Waals surface area contributed by atoms with Crippen molar-refractivity contribution >= 4 is 46.7 Å². The highest BCUT2D eigenvalue weighted by atomic mass is 35.5. The number of allylic oxidation sites excluding steroid dienone is 1. The van der Waals surface area contributed by atoms with Crippen molar-refractivity contribution in [2.24, 2.45) is 0 Å². The second-order valence-electron chi connectivity index (χ2n) is 6.26. The lowest BCUT2D eigenvalue weighted by Crippen LogP contribution is -2.00. The average molecular weight is 466 g/mol. The number of hydrogen-bond donors (Lipinski definition) is 0. The Bertz CT molecular complexity index is 1100. The van der Waals surface area contributed by atoms with Gasteiger partial charge < -0.3 is 9.47 Å². The molecule has 0 N–H and O–H groups in total. The zero-order chi connectivity index (χ0) is 21.7. The molecule has 0 heterocycles. The summed E-state index contributed by atoms with van der Waals surface area (Å²) in [5, 5.41) is 1.01. The molecule has 0 aliphatic carbocycles. The average Bonchev–Trinajstić information content (AvgIpc) is 2.74. The lowest BCUT2D eigenvalue weighted by molar-refractivity contribution is 0.104. The Labute approximate surface area is 188 Å². The lowest BCUT2D eigenvalue weighted by Gasteiger charge is -2.13. The van der Waals surface area contributed by atoms with E-state index in [1.165, 1.54) is 36.4 Å². The molecule has 3 aromatic carbocycles. The lowest BCUT2D eigenvalue weighted by atomic mass is 10.1. The third-order valence-electron chi connectivity index (χ3n) is 4.22. The first-order valence-corrected chi connectivity index (χ1v) is 9.93. The minimum absolute atomic E-state index is 0.161. The standard InChI is InChI=1S/C23H16Cl3FO3/c1-29-22-9-3-14(2-8-21(28)15-4-6-17(27)7-5-15)10-16(22)13-30-23-12-19(25)18(24)11-20(23)26/h2-12H,13H2,1H3/b8-2+. The predicted octanol–water partition coefficient (Wildman–Crippen LogP) is 7.27. The molecule has 0 aromatic heterocycles. The summed E-state index contributed by atoms with van der Waals surface area (Å²) in [5.41, 5.74) is 1.92. The van der Waals surface area contributed by atoms with Crippen LogP contribution in [0.5, 0.6) is 11.5 Å². The molecular formula is C23H16Cl3FO3. The molecule has 0 fully saturated rings. The Morgan fingerprint density at radius 1 is 0.933 bits per heavy atom. The Morgan fingerprint density at radius 3 is 2.33 bits per heavy atom. The van der Waals surface area contributed by atoms with Gasteiger partial charge in [-0.2, -0.15) is 0 Å². The number of ketones is 1. The monoisotopic (exact) mass is 464 g/mol. The van der Waals surface area contributed by atoms with Gasteiger partial charge in [0.05, 0.1) is 22.2 Å². The van der Waals surface area contributed by atoms with E-state index >= 15 is 0 Å². The van der Waals surface area contributed by atoms with Crippen LogP contribution >= 0.6 is 34.8 Å². The number of hydrogen-bond acceptors (Lipinski definition) is 3. The number of halogens is 4. The largest absolute Gasteiger partial charge is 0.496 e. The van der Waals surface area contributed by atoms with E-state index in [1.54, 1.807) is 25.3 Å². The summed E-state index contributed by atoms with van der Waals surface area (Å²) < 4.78 is 24.2. The fourth-order valence-electron chi connectivity index (χ4n) is 2.67. The van der Waals surface area contributed by atoms with Gasteiger partial charge in [-0.1, -0.05) is 46.9 Å². The topological polar surface area (TPSA) is 35.5 Å². The predicted molar refractivity (Wildman–Crippen MR) is 119 cm³/mol. The van der Waals surface area contributed by atoms with Crippen LogP contribution in [0.4, 0.5) is 4.39 Å². The molecule has 0 amide bonds. The maximum Gasteiger partial charge on any atom is 0.185 e. The van der Waals surface area contributed by atoms with Crippen LogP contribution in [0.15, 0.2) is 60.7 Å². The third-order valence-corrected chi connectivity index (χ3v) is 5.24. The molecule has 30 heavy (non-hydrogen) atoms. The van der Waals surface area contributed by atoms with Crippen molar-refractivity contribution in [3.8, 4) is 11.5 Å². The van der Waals surface area contributed by atoms with Crippen LogP contribution in [0, 0.1) is 5.82 Å². The summed E-state index contributed by atoms with van der Waals surface area (Å²) in [6, 6.07) is 13.9. The van der Waals surface area contributed by atoms with Crippen molar-refractivity contribution < 1.29 is 18.7 Å².